The minimum Gasteiger partial charge on any atom is -0.388 e. The van der Waals surface area contributed by atoms with Gasteiger partial charge in [0.2, 0.25) is 5.91 Å². The van der Waals surface area contributed by atoms with Crippen LogP contribution in [0, 0.1) is 0 Å². The molecule has 1 aromatic heterocycles. The first kappa shape index (κ1) is 14.5. The first-order chi connectivity index (χ1) is 9.58. The number of carbonyl (C=O) groups excluding carboxylic acids is 1. The number of para-hydroxylation sites is 2. The molecule has 2 rings (SSSR count). The fourth-order valence-corrected chi connectivity index (χ4v) is 2.11. The summed E-state index contributed by atoms with van der Waals surface area (Å²) in [6, 6.07) is 7.69. The van der Waals surface area contributed by atoms with E-state index in [2.05, 4.69) is 10.3 Å². The zero-order valence-electron chi connectivity index (χ0n) is 12.0. The Morgan fingerprint density at radius 3 is 2.75 bits per heavy atom. The highest BCUT2D eigenvalue weighted by atomic mass is 16.3. The molecule has 108 valence electrons. The van der Waals surface area contributed by atoms with E-state index >= 15 is 0 Å². The van der Waals surface area contributed by atoms with Gasteiger partial charge >= 0.3 is 0 Å². The van der Waals surface area contributed by atoms with Crippen molar-refractivity contribution >= 4 is 16.9 Å². The van der Waals surface area contributed by atoms with Gasteiger partial charge in [0.05, 0.1) is 23.0 Å². The van der Waals surface area contributed by atoms with Crippen LogP contribution in [-0.4, -0.2) is 32.7 Å². The number of hydrogen-bond donors (Lipinski definition) is 2. The standard InChI is InChI=1S/C15H21N3O2/c1-3-15(20,4-2)10-16-14(19)9-18-11-17-12-7-5-6-8-13(12)18/h5-8,11,20H,3-4,9-10H2,1-2H3,(H,16,19). The van der Waals surface area contributed by atoms with Crippen LogP contribution in [0.25, 0.3) is 11.0 Å². The Morgan fingerprint density at radius 2 is 2.05 bits per heavy atom. The van der Waals surface area contributed by atoms with Gasteiger partial charge in [0, 0.05) is 6.54 Å². The lowest BCUT2D eigenvalue weighted by molar-refractivity contribution is -0.123. The molecule has 2 N–H and O–H groups in total. The van der Waals surface area contributed by atoms with Crippen LogP contribution in [0.15, 0.2) is 30.6 Å². The van der Waals surface area contributed by atoms with Gasteiger partial charge in [0.25, 0.3) is 0 Å². The van der Waals surface area contributed by atoms with Crippen LogP contribution < -0.4 is 5.32 Å². The fourth-order valence-electron chi connectivity index (χ4n) is 2.11. The van der Waals surface area contributed by atoms with Gasteiger partial charge in [-0.3, -0.25) is 4.79 Å². The molecule has 5 heteroatoms. The number of hydrogen-bond acceptors (Lipinski definition) is 3. The van der Waals surface area contributed by atoms with Crippen LogP contribution in [0.5, 0.6) is 0 Å². The number of nitrogens with one attached hydrogen (secondary N) is 1. The maximum atomic E-state index is 12.0. The van der Waals surface area contributed by atoms with Crippen LogP contribution >= 0.6 is 0 Å². The number of fused-ring (bicyclic) bond motifs is 1. The first-order valence-corrected chi connectivity index (χ1v) is 6.97. The van der Waals surface area contributed by atoms with Crippen molar-refractivity contribution in [1.82, 2.24) is 14.9 Å². The zero-order chi connectivity index (χ0) is 14.6. The Bertz CT molecular complexity index is 588. The van der Waals surface area contributed by atoms with Gasteiger partial charge in [0.1, 0.15) is 6.54 Å². The molecule has 0 saturated heterocycles. The SMILES string of the molecule is CCC(O)(CC)CNC(=O)Cn1cnc2ccccc21. The van der Waals surface area contributed by atoms with Gasteiger partial charge < -0.3 is 15.0 Å². The predicted octanol–water partition coefficient (Wildman–Crippen LogP) is 1.70. The quantitative estimate of drug-likeness (QED) is 0.843. The third kappa shape index (κ3) is 3.17. The highest BCUT2D eigenvalue weighted by Crippen LogP contribution is 2.13. The van der Waals surface area contributed by atoms with Crippen molar-refractivity contribution in [2.24, 2.45) is 0 Å². The molecule has 1 amide bonds. The third-order valence-electron chi connectivity index (χ3n) is 3.77. The Balaban J connectivity index is 1.98. The molecule has 0 fully saturated rings. The van der Waals surface area contributed by atoms with Crippen LogP contribution in [0.4, 0.5) is 0 Å². The zero-order valence-corrected chi connectivity index (χ0v) is 12.0. The Morgan fingerprint density at radius 1 is 1.35 bits per heavy atom. The summed E-state index contributed by atoms with van der Waals surface area (Å²) in [7, 11) is 0. The van der Waals surface area contributed by atoms with Crippen molar-refractivity contribution in [3.05, 3.63) is 30.6 Å². The maximum absolute atomic E-state index is 12.0. The molecule has 0 aliphatic heterocycles. The summed E-state index contributed by atoms with van der Waals surface area (Å²) in [4.78, 5) is 16.2. The number of nitrogens with zero attached hydrogens (tertiary/aromatic N) is 2. The van der Waals surface area contributed by atoms with Crippen LogP contribution in [-0.2, 0) is 11.3 Å². The minimum atomic E-state index is -0.813. The molecule has 1 heterocycles. The van der Waals surface area contributed by atoms with Crippen LogP contribution in [0.2, 0.25) is 0 Å². The summed E-state index contributed by atoms with van der Waals surface area (Å²) < 4.78 is 1.81. The van der Waals surface area contributed by atoms with Gasteiger partial charge in [-0.15, -0.1) is 0 Å². The summed E-state index contributed by atoms with van der Waals surface area (Å²) in [5, 5.41) is 12.9. The molecular weight excluding hydrogens is 254 g/mol. The Kier molecular flexibility index (Phi) is 4.39. The topological polar surface area (TPSA) is 67.2 Å². The van der Waals surface area contributed by atoms with Crippen molar-refractivity contribution < 1.29 is 9.90 Å². The second-order valence-corrected chi connectivity index (χ2v) is 5.07. The van der Waals surface area contributed by atoms with Gasteiger partial charge in [0.15, 0.2) is 0 Å². The molecule has 0 aliphatic carbocycles. The predicted molar refractivity (Wildman–Crippen MR) is 78.3 cm³/mol. The van der Waals surface area contributed by atoms with E-state index in [0.29, 0.717) is 12.8 Å². The average molecular weight is 275 g/mol. The molecule has 5 nitrogen and oxygen atoms in total. The summed E-state index contributed by atoms with van der Waals surface area (Å²) in [6.07, 6.45) is 2.91. The molecule has 0 bridgehead atoms. The van der Waals surface area contributed by atoms with Gasteiger partial charge in [-0.25, -0.2) is 4.98 Å². The second-order valence-electron chi connectivity index (χ2n) is 5.07. The molecule has 20 heavy (non-hydrogen) atoms. The molecule has 0 saturated carbocycles. The highest BCUT2D eigenvalue weighted by molar-refractivity contribution is 5.80. The van der Waals surface area contributed by atoms with Crippen molar-refractivity contribution in [2.45, 2.75) is 38.8 Å². The van der Waals surface area contributed by atoms with E-state index in [1.165, 1.54) is 0 Å². The van der Waals surface area contributed by atoms with E-state index in [9.17, 15) is 9.90 Å². The molecule has 2 aromatic rings. The molecule has 0 radical (unpaired) electrons. The van der Waals surface area contributed by atoms with Gasteiger partial charge in [-0.05, 0) is 25.0 Å². The average Bonchev–Trinajstić information content (AvgIpc) is 2.88. The molecule has 0 spiro atoms. The number of benzene rings is 1. The van der Waals surface area contributed by atoms with Crippen LogP contribution in [0.3, 0.4) is 0 Å². The van der Waals surface area contributed by atoms with Crippen molar-refractivity contribution in [1.29, 1.82) is 0 Å². The fraction of sp³-hybridized carbons (Fsp3) is 0.467. The number of aromatic nitrogens is 2. The highest BCUT2D eigenvalue weighted by Gasteiger charge is 2.22. The Labute approximate surface area is 118 Å². The Hall–Kier alpha value is -1.88. The lowest BCUT2D eigenvalue weighted by atomic mass is 9.98. The van der Waals surface area contributed by atoms with Gasteiger partial charge in [-0.2, -0.15) is 0 Å². The van der Waals surface area contributed by atoms with Crippen LogP contribution in [0.1, 0.15) is 26.7 Å². The summed E-state index contributed by atoms with van der Waals surface area (Å²) in [5.41, 5.74) is 0.995. The van der Waals surface area contributed by atoms with Crippen molar-refractivity contribution in [3.8, 4) is 0 Å². The largest absolute Gasteiger partial charge is 0.388 e. The maximum Gasteiger partial charge on any atom is 0.240 e. The monoisotopic (exact) mass is 275 g/mol. The lowest BCUT2D eigenvalue weighted by Gasteiger charge is -2.25. The number of rotatable bonds is 6. The number of aliphatic hydroxyl groups is 1. The van der Waals surface area contributed by atoms with E-state index < -0.39 is 5.60 Å². The smallest absolute Gasteiger partial charge is 0.240 e. The minimum absolute atomic E-state index is 0.117. The lowest BCUT2D eigenvalue weighted by Crippen LogP contribution is -2.43. The van der Waals surface area contributed by atoms with Gasteiger partial charge in [-0.1, -0.05) is 26.0 Å². The summed E-state index contributed by atoms with van der Waals surface area (Å²) in [6.45, 7) is 4.33. The van der Waals surface area contributed by atoms with E-state index in [1.807, 2.05) is 42.7 Å². The molecule has 1 aromatic carbocycles. The third-order valence-corrected chi connectivity index (χ3v) is 3.77. The second kappa shape index (κ2) is 6.05. The van der Waals surface area contributed by atoms with Crippen molar-refractivity contribution in [2.75, 3.05) is 6.54 Å². The summed E-state index contributed by atoms with van der Waals surface area (Å²) >= 11 is 0. The van der Waals surface area contributed by atoms with E-state index in [4.69, 9.17) is 0 Å². The van der Waals surface area contributed by atoms with E-state index in [-0.39, 0.29) is 19.0 Å². The number of imidazole rings is 1. The van der Waals surface area contributed by atoms with E-state index in [0.717, 1.165) is 11.0 Å². The molecule has 0 unspecified atom stereocenters. The normalized spacial score (nSPS) is 11.8. The summed E-state index contributed by atoms with van der Waals surface area (Å²) in [5.74, 6) is -0.117. The molecule has 0 atom stereocenters. The van der Waals surface area contributed by atoms with E-state index in [1.54, 1.807) is 6.33 Å². The first-order valence-electron chi connectivity index (χ1n) is 6.97. The molecule has 0 aliphatic rings. The number of amides is 1. The molecular formula is C15H21N3O2. The van der Waals surface area contributed by atoms with Crippen molar-refractivity contribution in [3.63, 3.8) is 0 Å². The number of carbonyl (C=O) groups is 1.